The van der Waals surface area contributed by atoms with Crippen LogP contribution in [0.4, 0.5) is 9.59 Å². The lowest BCUT2D eigenvalue weighted by Crippen LogP contribution is -2.80. The summed E-state index contributed by atoms with van der Waals surface area (Å²) in [6.07, 6.45) is -1.88. The highest BCUT2D eigenvalue weighted by atomic mass is 16.6. The Bertz CT molecular complexity index is 1530. The van der Waals surface area contributed by atoms with Crippen LogP contribution >= 0.6 is 0 Å². The minimum Gasteiger partial charge on any atom is -0.447 e. The van der Waals surface area contributed by atoms with Gasteiger partial charge >= 0.3 is 24.1 Å². The van der Waals surface area contributed by atoms with Crippen LogP contribution in [0.15, 0.2) is 48.5 Å². The van der Waals surface area contributed by atoms with Gasteiger partial charge in [-0.25, -0.2) is 19.4 Å². The molecule has 5 aliphatic rings. The van der Waals surface area contributed by atoms with Gasteiger partial charge in [0.15, 0.2) is 10.8 Å². The quantitative estimate of drug-likeness (QED) is 0.290. The van der Waals surface area contributed by atoms with Crippen molar-refractivity contribution in [3.8, 4) is 11.5 Å². The Kier molecular flexibility index (Phi) is 5.98. The van der Waals surface area contributed by atoms with Gasteiger partial charge in [-0.15, -0.1) is 0 Å². The van der Waals surface area contributed by atoms with Crippen molar-refractivity contribution in [2.24, 2.45) is 22.7 Å². The van der Waals surface area contributed by atoms with Crippen molar-refractivity contribution in [3.05, 3.63) is 59.7 Å². The average Bonchev–Trinajstić information content (AvgIpc) is 3.56. The van der Waals surface area contributed by atoms with Gasteiger partial charge in [0, 0.05) is 23.0 Å². The minimum absolute atomic E-state index is 0.0528. The Hall–Kier alpha value is -4.74. The molecule has 1 aliphatic carbocycles. The summed E-state index contributed by atoms with van der Waals surface area (Å²) in [5.41, 5.74) is -4.06. The zero-order chi connectivity index (χ0) is 31.3. The molecule has 0 bridgehead atoms. The number of rotatable bonds is 4. The third-order valence-corrected chi connectivity index (χ3v) is 9.86. The molecule has 0 unspecified atom stereocenters. The minimum atomic E-state index is -2.26. The molecular weight excluding hydrogens is 572 g/mol. The third-order valence-electron chi connectivity index (χ3n) is 9.86. The van der Waals surface area contributed by atoms with Crippen molar-refractivity contribution in [3.63, 3.8) is 0 Å². The zero-order valence-electron chi connectivity index (χ0n) is 24.5. The number of imide groups is 2. The maximum absolute atomic E-state index is 15.0. The number of cyclic esters (lactones) is 2. The molecule has 4 heterocycles. The molecule has 44 heavy (non-hydrogen) atoms. The van der Waals surface area contributed by atoms with Crippen LogP contribution in [0.5, 0.6) is 11.5 Å². The van der Waals surface area contributed by atoms with Crippen LogP contribution in [-0.2, 0) is 28.7 Å². The molecule has 2 saturated heterocycles. The van der Waals surface area contributed by atoms with E-state index in [1.807, 2.05) is 27.7 Å². The highest BCUT2D eigenvalue weighted by Gasteiger charge is 2.89. The van der Waals surface area contributed by atoms with Crippen molar-refractivity contribution in [1.29, 1.82) is 0 Å². The Balaban J connectivity index is 1.54. The van der Waals surface area contributed by atoms with Crippen molar-refractivity contribution >= 4 is 35.9 Å². The summed E-state index contributed by atoms with van der Waals surface area (Å²) < 4.78 is 22.2. The number of carbonyl (C=O) groups excluding carboxylic acids is 6. The molecule has 2 atom stereocenters. The van der Waals surface area contributed by atoms with Crippen LogP contribution in [0.1, 0.15) is 50.7 Å². The van der Waals surface area contributed by atoms with E-state index in [0.29, 0.717) is 0 Å². The average molecular weight is 603 g/mol. The van der Waals surface area contributed by atoms with Crippen LogP contribution in [0, 0.1) is 22.7 Å². The van der Waals surface area contributed by atoms with Crippen molar-refractivity contribution in [1.82, 2.24) is 9.80 Å². The second-order valence-corrected chi connectivity index (χ2v) is 12.6. The number of para-hydroxylation sites is 2. The SMILES string of the molecule is CC(C)[C@H]1COC(=O)N1C(=O)C12C(=O)Oc3ccccc3C1C1(C(=O)N3C(=O)OC[C@@H]3C(C)C)C(=O)Oc3ccccc3C21. The lowest BCUT2D eigenvalue weighted by Gasteiger charge is -2.66. The van der Waals surface area contributed by atoms with Gasteiger partial charge < -0.3 is 18.9 Å². The molecule has 3 fully saturated rings. The summed E-state index contributed by atoms with van der Waals surface area (Å²) in [6, 6.07) is 11.2. The smallest absolute Gasteiger partial charge is 0.417 e. The number of hydrogen-bond donors (Lipinski definition) is 0. The van der Waals surface area contributed by atoms with Crippen molar-refractivity contribution in [2.45, 2.75) is 51.6 Å². The molecule has 12 heteroatoms. The molecule has 2 aromatic rings. The molecule has 4 amide bonds. The maximum Gasteiger partial charge on any atom is 0.417 e. The molecule has 4 aliphatic heterocycles. The number of carbonyl (C=O) groups is 6. The number of ether oxygens (including phenoxy) is 4. The molecular formula is C32H30N2O10. The summed E-state index contributed by atoms with van der Waals surface area (Å²) >= 11 is 0. The van der Waals surface area contributed by atoms with E-state index in [2.05, 4.69) is 0 Å². The molecule has 0 N–H and O–H groups in total. The predicted molar refractivity (Wildman–Crippen MR) is 148 cm³/mol. The summed E-state index contributed by atoms with van der Waals surface area (Å²) in [5, 5.41) is 0. The first-order chi connectivity index (χ1) is 21.0. The second-order valence-electron chi connectivity index (χ2n) is 12.6. The molecule has 2 aromatic carbocycles. The number of esters is 2. The van der Waals surface area contributed by atoms with Gasteiger partial charge in [-0.2, -0.15) is 0 Å². The predicted octanol–water partition coefficient (Wildman–Crippen LogP) is 3.39. The summed E-state index contributed by atoms with van der Waals surface area (Å²) in [5.74, 6) is -7.26. The largest absolute Gasteiger partial charge is 0.447 e. The van der Waals surface area contributed by atoms with Crippen LogP contribution in [-0.4, -0.2) is 71.0 Å². The van der Waals surface area contributed by atoms with Gasteiger partial charge in [-0.3, -0.25) is 19.2 Å². The van der Waals surface area contributed by atoms with E-state index in [9.17, 15) is 28.8 Å². The number of hydrogen-bond acceptors (Lipinski definition) is 10. The number of amides is 4. The standard InChI is InChI=1S/C32H30N2O10/c1-15(2)19-13-41-29(39)33(19)25(35)31-23(17-9-5-7-11-21(17)43-27(31)37)32(26(36)34-20(16(3)4)14-42-30(34)40)24(31)18-10-6-8-12-22(18)44-28(32)38/h5-12,15-16,19-20,23-24H,13-14H2,1-4H3/t19-,20-,23?,24?,31?,32?/m1/s1. The van der Waals surface area contributed by atoms with Crippen molar-refractivity contribution in [2.75, 3.05) is 13.2 Å². The molecule has 0 radical (unpaired) electrons. The van der Waals surface area contributed by atoms with Crippen LogP contribution in [0.25, 0.3) is 0 Å². The summed E-state index contributed by atoms with van der Waals surface area (Å²) in [6.45, 7) is 7.06. The van der Waals surface area contributed by atoms with Crippen molar-refractivity contribution < 1.29 is 47.7 Å². The van der Waals surface area contributed by atoms with E-state index >= 15 is 0 Å². The van der Waals surface area contributed by atoms with E-state index in [-0.39, 0.29) is 47.7 Å². The molecule has 12 nitrogen and oxygen atoms in total. The Morgan fingerprint density at radius 3 is 1.39 bits per heavy atom. The van der Waals surface area contributed by atoms with E-state index in [4.69, 9.17) is 18.9 Å². The highest BCUT2D eigenvalue weighted by Crippen LogP contribution is 2.78. The van der Waals surface area contributed by atoms with E-state index in [0.717, 1.165) is 9.80 Å². The highest BCUT2D eigenvalue weighted by molar-refractivity contribution is 6.22. The first-order valence-electron chi connectivity index (χ1n) is 14.6. The second kappa shape index (κ2) is 9.38. The van der Waals surface area contributed by atoms with Gasteiger partial charge in [-0.1, -0.05) is 64.1 Å². The van der Waals surface area contributed by atoms with Crippen LogP contribution in [0.2, 0.25) is 0 Å². The fourth-order valence-corrected chi connectivity index (χ4v) is 7.79. The lowest BCUT2D eigenvalue weighted by molar-refractivity contribution is -0.208. The van der Waals surface area contributed by atoms with E-state index in [1.54, 1.807) is 36.4 Å². The third kappa shape index (κ3) is 3.22. The fraction of sp³-hybridized carbons (Fsp3) is 0.438. The maximum atomic E-state index is 15.0. The van der Waals surface area contributed by atoms with E-state index in [1.165, 1.54) is 12.1 Å². The first kappa shape index (κ1) is 28.1. The number of fused-ring (bicyclic) bond motifs is 8. The van der Waals surface area contributed by atoms with Crippen LogP contribution < -0.4 is 9.47 Å². The molecule has 1 saturated carbocycles. The van der Waals surface area contributed by atoms with Gasteiger partial charge in [0.05, 0.1) is 12.1 Å². The summed E-state index contributed by atoms with van der Waals surface area (Å²) in [7, 11) is 0. The molecule has 0 aromatic heterocycles. The lowest BCUT2D eigenvalue weighted by atomic mass is 9.34. The summed E-state index contributed by atoms with van der Waals surface area (Å²) in [4.78, 5) is 87.0. The zero-order valence-corrected chi connectivity index (χ0v) is 24.5. The number of nitrogens with zero attached hydrogens (tertiary/aromatic N) is 2. The fourth-order valence-electron chi connectivity index (χ4n) is 7.79. The number of benzene rings is 2. The van der Waals surface area contributed by atoms with Gasteiger partial charge in [-0.05, 0) is 24.0 Å². The van der Waals surface area contributed by atoms with Gasteiger partial charge in [0.1, 0.15) is 24.7 Å². The molecule has 0 spiro atoms. The normalized spacial score (nSPS) is 31.7. The van der Waals surface area contributed by atoms with Gasteiger partial charge in [0.25, 0.3) is 11.8 Å². The van der Waals surface area contributed by atoms with Crippen LogP contribution in [0.3, 0.4) is 0 Å². The molecule has 228 valence electrons. The van der Waals surface area contributed by atoms with Gasteiger partial charge in [0.2, 0.25) is 0 Å². The molecule has 7 rings (SSSR count). The Morgan fingerprint density at radius 2 is 1.02 bits per heavy atom. The van der Waals surface area contributed by atoms with E-state index < -0.39 is 70.7 Å². The topological polar surface area (TPSA) is 146 Å². The Morgan fingerprint density at radius 1 is 0.659 bits per heavy atom. The Labute approximate surface area is 252 Å². The first-order valence-corrected chi connectivity index (χ1v) is 14.6. The monoisotopic (exact) mass is 602 g/mol.